The Balaban J connectivity index is 1.30. The van der Waals surface area contributed by atoms with Crippen LogP contribution in [0.1, 0.15) is 21.6 Å². The summed E-state index contributed by atoms with van der Waals surface area (Å²) in [6.07, 6.45) is 3.60. The summed E-state index contributed by atoms with van der Waals surface area (Å²) in [6, 6.07) is 19.6. The first-order valence-electron chi connectivity index (χ1n) is 8.77. The first kappa shape index (κ1) is 17.9. The molecule has 7 heteroatoms. The lowest BCUT2D eigenvalue weighted by molar-refractivity contribution is 0.0467. The fraction of sp³-hybridized carbons (Fsp3) is 0.0952. The SMILES string of the molecule is O=C(OCc1ccc(-n2cccn2)cc1)c1csc(NCc2ccccc2)n1. The monoisotopic (exact) mass is 390 g/mol. The summed E-state index contributed by atoms with van der Waals surface area (Å²) >= 11 is 1.39. The number of thiazole rings is 1. The molecule has 0 saturated carbocycles. The van der Waals surface area contributed by atoms with Crippen molar-refractivity contribution in [1.29, 1.82) is 0 Å². The highest BCUT2D eigenvalue weighted by atomic mass is 32.1. The highest BCUT2D eigenvalue weighted by molar-refractivity contribution is 7.13. The highest BCUT2D eigenvalue weighted by Gasteiger charge is 2.12. The van der Waals surface area contributed by atoms with Crippen molar-refractivity contribution in [3.63, 3.8) is 0 Å². The molecule has 0 amide bonds. The molecule has 0 atom stereocenters. The minimum absolute atomic E-state index is 0.197. The smallest absolute Gasteiger partial charge is 0.358 e. The third kappa shape index (κ3) is 4.44. The second-order valence-electron chi connectivity index (χ2n) is 6.07. The number of nitrogens with zero attached hydrogens (tertiary/aromatic N) is 3. The number of nitrogens with one attached hydrogen (secondary N) is 1. The molecule has 0 bridgehead atoms. The first-order chi connectivity index (χ1) is 13.8. The van der Waals surface area contributed by atoms with Crippen LogP contribution in [0.15, 0.2) is 78.4 Å². The van der Waals surface area contributed by atoms with Gasteiger partial charge >= 0.3 is 5.97 Å². The molecule has 0 unspecified atom stereocenters. The van der Waals surface area contributed by atoms with Gasteiger partial charge < -0.3 is 10.1 Å². The van der Waals surface area contributed by atoms with Crippen LogP contribution in [0, 0.1) is 0 Å². The van der Waals surface area contributed by atoms with Crippen LogP contribution in [0.3, 0.4) is 0 Å². The predicted octanol–water partition coefficient (Wildman–Crippen LogP) is 4.30. The summed E-state index contributed by atoms with van der Waals surface area (Å²) in [5.41, 5.74) is 3.32. The van der Waals surface area contributed by atoms with Gasteiger partial charge in [0.2, 0.25) is 0 Å². The van der Waals surface area contributed by atoms with Crippen molar-refractivity contribution in [2.45, 2.75) is 13.2 Å². The van der Waals surface area contributed by atoms with Crippen molar-refractivity contribution >= 4 is 22.4 Å². The zero-order valence-corrected chi connectivity index (χ0v) is 15.8. The van der Waals surface area contributed by atoms with Gasteiger partial charge in [-0.15, -0.1) is 11.3 Å². The third-order valence-corrected chi connectivity index (χ3v) is 4.88. The minimum Gasteiger partial charge on any atom is -0.456 e. The van der Waals surface area contributed by atoms with Crippen LogP contribution in [0.25, 0.3) is 5.69 Å². The fourth-order valence-corrected chi connectivity index (χ4v) is 3.29. The van der Waals surface area contributed by atoms with E-state index in [4.69, 9.17) is 4.74 Å². The minimum atomic E-state index is -0.430. The Morgan fingerprint density at radius 3 is 2.61 bits per heavy atom. The van der Waals surface area contributed by atoms with Crippen molar-refractivity contribution in [2.75, 3.05) is 5.32 Å². The number of anilines is 1. The van der Waals surface area contributed by atoms with E-state index in [0.717, 1.165) is 16.8 Å². The highest BCUT2D eigenvalue weighted by Crippen LogP contribution is 2.18. The summed E-state index contributed by atoms with van der Waals surface area (Å²) in [4.78, 5) is 16.5. The van der Waals surface area contributed by atoms with E-state index >= 15 is 0 Å². The molecule has 0 radical (unpaired) electrons. The Kier molecular flexibility index (Phi) is 5.44. The van der Waals surface area contributed by atoms with Crippen LogP contribution in [0.2, 0.25) is 0 Å². The van der Waals surface area contributed by atoms with Crippen LogP contribution in [-0.2, 0) is 17.9 Å². The summed E-state index contributed by atoms with van der Waals surface area (Å²) in [7, 11) is 0. The van der Waals surface area contributed by atoms with E-state index in [1.165, 1.54) is 11.3 Å². The van der Waals surface area contributed by atoms with E-state index in [-0.39, 0.29) is 6.61 Å². The molecule has 6 nitrogen and oxygen atoms in total. The molecule has 0 aliphatic heterocycles. The molecule has 140 valence electrons. The van der Waals surface area contributed by atoms with Gasteiger partial charge in [-0.2, -0.15) is 5.10 Å². The largest absolute Gasteiger partial charge is 0.456 e. The maximum Gasteiger partial charge on any atom is 0.358 e. The van der Waals surface area contributed by atoms with Gasteiger partial charge in [0.25, 0.3) is 0 Å². The zero-order valence-electron chi connectivity index (χ0n) is 15.0. The lowest BCUT2D eigenvalue weighted by Crippen LogP contribution is -2.06. The fourth-order valence-electron chi connectivity index (χ4n) is 2.61. The van der Waals surface area contributed by atoms with E-state index in [1.807, 2.05) is 66.9 Å². The number of rotatable bonds is 7. The standard InChI is InChI=1S/C21H18N4O2S/c26-20(19-15-28-21(24-19)22-13-16-5-2-1-3-6-16)27-14-17-7-9-18(10-8-17)25-12-4-11-23-25/h1-12,15H,13-14H2,(H,22,24). The molecule has 1 N–H and O–H groups in total. The van der Waals surface area contributed by atoms with Crippen molar-refractivity contribution in [1.82, 2.24) is 14.8 Å². The maximum absolute atomic E-state index is 12.2. The van der Waals surface area contributed by atoms with E-state index in [2.05, 4.69) is 15.4 Å². The van der Waals surface area contributed by atoms with Crippen LogP contribution < -0.4 is 5.32 Å². The second kappa shape index (κ2) is 8.49. The molecule has 0 fully saturated rings. The maximum atomic E-state index is 12.2. The molecule has 0 aliphatic rings. The molecule has 28 heavy (non-hydrogen) atoms. The van der Waals surface area contributed by atoms with Gasteiger partial charge in [-0.05, 0) is 29.3 Å². The normalized spacial score (nSPS) is 10.6. The van der Waals surface area contributed by atoms with Crippen LogP contribution >= 0.6 is 11.3 Å². The Hall–Kier alpha value is -3.45. The Morgan fingerprint density at radius 1 is 1.04 bits per heavy atom. The van der Waals surface area contributed by atoms with Crippen molar-refractivity contribution < 1.29 is 9.53 Å². The summed E-state index contributed by atoms with van der Waals surface area (Å²) < 4.78 is 7.15. The predicted molar refractivity (Wildman–Crippen MR) is 109 cm³/mol. The number of ether oxygens (including phenoxy) is 1. The number of esters is 1. The number of aromatic nitrogens is 3. The number of hydrogen-bond acceptors (Lipinski definition) is 6. The second-order valence-corrected chi connectivity index (χ2v) is 6.93. The van der Waals surface area contributed by atoms with Gasteiger partial charge in [0.15, 0.2) is 10.8 Å². The Bertz CT molecular complexity index is 1030. The number of carbonyl (C=O) groups excluding carboxylic acids is 1. The summed E-state index contributed by atoms with van der Waals surface area (Å²) in [5, 5.41) is 9.80. The summed E-state index contributed by atoms with van der Waals surface area (Å²) in [5.74, 6) is -0.430. The number of benzene rings is 2. The molecule has 2 aromatic carbocycles. The van der Waals surface area contributed by atoms with Gasteiger partial charge in [0, 0.05) is 24.3 Å². The van der Waals surface area contributed by atoms with Crippen molar-refractivity contribution in [2.24, 2.45) is 0 Å². The van der Waals surface area contributed by atoms with Crippen LogP contribution in [0.4, 0.5) is 5.13 Å². The van der Waals surface area contributed by atoms with Crippen molar-refractivity contribution in [3.8, 4) is 5.69 Å². The summed E-state index contributed by atoms with van der Waals surface area (Å²) in [6.45, 7) is 0.855. The molecular formula is C21H18N4O2S. The van der Waals surface area contributed by atoms with Gasteiger partial charge in [-0.25, -0.2) is 14.5 Å². The van der Waals surface area contributed by atoms with Gasteiger partial charge in [0.1, 0.15) is 6.61 Å². The molecule has 2 aromatic heterocycles. The first-order valence-corrected chi connectivity index (χ1v) is 9.65. The molecule has 0 saturated heterocycles. The lowest BCUT2D eigenvalue weighted by Gasteiger charge is -2.05. The Labute approximate surface area is 166 Å². The quantitative estimate of drug-likeness (QED) is 0.477. The Morgan fingerprint density at radius 2 is 1.86 bits per heavy atom. The molecule has 4 aromatic rings. The van der Waals surface area contributed by atoms with E-state index in [0.29, 0.717) is 17.4 Å². The van der Waals surface area contributed by atoms with Gasteiger partial charge in [-0.1, -0.05) is 42.5 Å². The third-order valence-electron chi connectivity index (χ3n) is 4.08. The average Bonchev–Trinajstić information content (AvgIpc) is 3.44. The average molecular weight is 390 g/mol. The van der Waals surface area contributed by atoms with Crippen molar-refractivity contribution in [3.05, 3.63) is 95.3 Å². The number of hydrogen-bond donors (Lipinski definition) is 1. The lowest BCUT2D eigenvalue weighted by atomic mass is 10.2. The van der Waals surface area contributed by atoms with E-state index < -0.39 is 5.97 Å². The molecular weight excluding hydrogens is 372 g/mol. The zero-order chi connectivity index (χ0) is 19.2. The van der Waals surface area contributed by atoms with Crippen LogP contribution in [-0.4, -0.2) is 20.7 Å². The number of carbonyl (C=O) groups is 1. The van der Waals surface area contributed by atoms with Gasteiger partial charge in [-0.3, -0.25) is 0 Å². The topological polar surface area (TPSA) is 69.0 Å². The van der Waals surface area contributed by atoms with E-state index in [9.17, 15) is 4.79 Å². The molecule has 2 heterocycles. The molecule has 0 spiro atoms. The molecule has 4 rings (SSSR count). The van der Waals surface area contributed by atoms with Gasteiger partial charge in [0.05, 0.1) is 5.69 Å². The van der Waals surface area contributed by atoms with Crippen LogP contribution in [0.5, 0.6) is 0 Å². The van der Waals surface area contributed by atoms with E-state index in [1.54, 1.807) is 16.3 Å². The molecule has 0 aliphatic carbocycles.